The lowest BCUT2D eigenvalue weighted by atomic mass is 9.86. The fourth-order valence-electron chi connectivity index (χ4n) is 4.80. The first-order chi connectivity index (χ1) is 19.5. The van der Waals surface area contributed by atoms with Crippen molar-refractivity contribution in [2.45, 2.75) is 83.3 Å². The molecule has 1 heterocycles. The van der Waals surface area contributed by atoms with Gasteiger partial charge in [-0.05, 0) is 42.3 Å². The Morgan fingerprint density at radius 3 is 2.12 bits per heavy atom. The number of carbonyl (C=O) groups is 3. The zero-order chi connectivity index (χ0) is 28.6. The van der Waals surface area contributed by atoms with Gasteiger partial charge in [0.1, 0.15) is 12.4 Å². The molecule has 2 aromatic rings. The summed E-state index contributed by atoms with van der Waals surface area (Å²) >= 11 is 0. The molecular formula is C33H42N2O5. The molecule has 0 aromatic heterocycles. The molecule has 40 heavy (non-hydrogen) atoms. The Kier molecular flexibility index (Phi) is 12.6. The van der Waals surface area contributed by atoms with Gasteiger partial charge in [-0.2, -0.15) is 0 Å². The molecule has 7 nitrogen and oxygen atoms in total. The molecule has 3 rings (SSSR count). The second kappa shape index (κ2) is 16.4. The van der Waals surface area contributed by atoms with Crippen molar-refractivity contribution in [3.8, 4) is 5.75 Å². The number of allylic oxidation sites excluding steroid dienone is 1. The van der Waals surface area contributed by atoms with Gasteiger partial charge in [-0.1, -0.05) is 95.0 Å². The number of ketones is 1. The topological polar surface area (TPSA) is 94.1 Å². The van der Waals surface area contributed by atoms with Gasteiger partial charge in [-0.3, -0.25) is 14.6 Å². The Morgan fingerprint density at radius 2 is 1.50 bits per heavy atom. The van der Waals surface area contributed by atoms with Crippen LogP contribution in [0.25, 0.3) is 0 Å². The van der Waals surface area contributed by atoms with Gasteiger partial charge < -0.3 is 14.8 Å². The van der Waals surface area contributed by atoms with E-state index < -0.39 is 17.3 Å². The average molecular weight is 547 g/mol. The SMILES string of the molecule is CCCCCCCCCCCCNC(=O)c1ccc(COC(=O)C(=O)C2(c3ccccc3OC)C=CC=N2)cc1. The van der Waals surface area contributed by atoms with E-state index in [4.69, 9.17) is 9.47 Å². The minimum absolute atomic E-state index is 0.0967. The quantitative estimate of drug-likeness (QED) is 0.131. The van der Waals surface area contributed by atoms with Gasteiger partial charge in [-0.25, -0.2) is 4.79 Å². The molecule has 0 bridgehead atoms. The van der Waals surface area contributed by atoms with Gasteiger partial charge in [0, 0.05) is 23.9 Å². The van der Waals surface area contributed by atoms with Gasteiger partial charge in [0.25, 0.3) is 11.7 Å². The Bertz CT molecular complexity index is 1160. The van der Waals surface area contributed by atoms with Crippen molar-refractivity contribution in [3.05, 3.63) is 77.4 Å². The zero-order valence-corrected chi connectivity index (χ0v) is 23.8. The second-order valence-electron chi connectivity index (χ2n) is 10.1. The highest BCUT2D eigenvalue weighted by Crippen LogP contribution is 2.37. The number of nitrogens with zero attached hydrogens (tertiary/aromatic N) is 1. The normalized spacial score (nSPS) is 15.7. The first-order valence-corrected chi connectivity index (χ1v) is 14.5. The number of methoxy groups -OCH3 is 1. The lowest BCUT2D eigenvalue weighted by Crippen LogP contribution is -2.37. The van der Waals surface area contributed by atoms with Gasteiger partial charge in [0.05, 0.1) is 7.11 Å². The van der Waals surface area contributed by atoms with Crippen LogP contribution in [0.1, 0.15) is 92.6 Å². The molecular weight excluding hydrogens is 504 g/mol. The third kappa shape index (κ3) is 8.63. The maximum atomic E-state index is 13.2. The summed E-state index contributed by atoms with van der Waals surface area (Å²) in [7, 11) is 1.50. The summed E-state index contributed by atoms with van der Waals surface area (Å²) < 4.78 is 10.7. The van der Waals surface area contributed by atoms with Crippen LogP contribution < -0.4 is 10.1 Å². The van der Waals surface area contributed by atoms with Crippen LogP contribution in [0.5, 0.6) is 5.75 Å². The van der Waals surface area contributed by atoms with Crippen molar-refractivity contribution in [3.63, 3.8) is 0 Å². The molecule has 1 aliphatic rings. The first-order valence-electron chi connectivity index (χ1n) is 14.5. The number of aliphatic imine (C=N–C) groups is 1. The third-order valence-electron chi connectivity index (χ3n) is 7.15. The van der Waals surface area contributed by atoms with E-state index in [9.17, 15) is 14.4 Å². The largest absolute Gasteiger partial charge is 0.496 e. The van der Waals surface area contributed by atoms with E-state index in [-0.39, 0.29) is 12.5 Å². The maximum absolute atomic E-state index is 13.2. The summed E-state index contributed by atoms with van der Waals surface area (Å²) in [5, 5.41) is 2.97. The van der Waals surface area contributed by atoms with Crippen molar-refractivity contribution in [2.24, 2.45) is 4.99 Å². The molecule has 0 aliphatic carbocycles. The Hall–Kier alpha value is -3.74. The number of para-hydroxylation sites is 1. The molecule has 7 heteroatoms. The smallest absolute Gasteiger partial charge is 0.378 e. The standard InChI is InChI=1S/C33H42N2O5/c1-3-4-5-6-7-8-9-10-11-14-23-34-31(37)27-20-18-26(19-21-27)25-40-32(38)30(36)33(22-15-24-35-33)28-16-12-13-17-29(28)39-2/h12-13,15-22,24H,3-11,14,23,25H2,1-2H3,(H,34,37). The fraction of sp³-hybridized carbons (Fsp3) is 0.455. The molecule has 0 radical (unpaired) electrons. The molecule has 0 saturated carbocycles. The minimum atomic E-state index is -1.51. The van der Waals surface area contributed by atoms with Crippen molar-refractivity contribution in [1.82, 2.24) is 5.32 Å². The highest BCUT2D eigenvalue weighted by molar-refractivity contribution is 6.38. The number of hydrogen-bond acceptors (Lipinski definition) is 6. The summed E-state index contributed by atoms with van der Waals surface area (Å²) in [6.07, 6.45) is 17.2. The number of benzene rings is 2. The molecule has 0 fully saturated rings. The molecule has 2 aromatic carbocycles. The van der Waals surface area contributed by atoms with Crippen LogP contribution in [-0.4, -0.2) is 37.5 Å². The lowest BCUT2D eigenvalue weighted by Gasteiger charge is -2.24. The van der Waals surface area contributed by atoms with Crippen molar-refractivity contribution in [1.29, 1.82) is 0 Å². The van der Waals surface area contributed by atoms with Gasteiger partial charge in [0.2, 0.25) is 0 Å². The van der Waals surface area contributed by atoms with Gasteiger partial charge in [-0.15, -0.1) is 0 Å². The number of rotatable bonds is 18. The van der Waals surface area contributed by atoms with Crippen molar-refractivity contribution >= 4 is 23.9 Å². The van der Waals surface area contributed by atoms with E-state index in [1.807, 2.05) is 0 Å². The summed E-state index contributed by atoms with van der Waals surface area (Å²) in [4.78, 5) is 42.7. The number of unbranched alkanes of at least 4 members (excludes halogenated alkanes) is 9. The van der Waals surface area contributed by atoms with Crippen molar-refractivity contribution in [2.75, 3.05) is 13.7 Å². The highest BCUT2D eigenvalue weighted by Gasteiger charge is 2.45. The predicted molar refractivity (Wildman–Crippen MR) is 158 cm³/mol. The van der Waals surface area contributed by atoms with Gasteiger partial charge in [0.15, 0.2) is 5.54 Å². The van der Waals surface area contributed by atoms with Crippen LogP contribution >= 0.6 is 0 Å². The molecule has 1 atom stereocenters. The molecule has 1 N–H and O–H groups in total. The Balaban J connectivity index is 1.40. The van der Waals surface area contributed by atoms with E-state index in [1.165, 1.54) is 64.7 Å². The number of hydrogen-bond donors (Lipinski definition) is 1. The molecule has 1 unspecified atom stereocenters. The van der Waals surface area contributed by atoms with E-state index in [2.05, 4.69) is 17.2 Å². The first kappa shape index (κ1) is 30.8. The van der Waals surface area contributed by atoms with Gasteiger partial charge >= 0.3 is 5.97 Å². The average Bonchev–Trinajstić information content (AvgIpc) is 3.49. The van der Waals surface area contributed by atoms with Crippen LogP contribution in [0.2, 0.25) is 0 Å². The van der Waals surface area contributed by atoms with Crippen LogP contribution in [0, 0.1) is 0 Å². The maximum Gasteiger partial charge on any atom is 0.378 e. The Morgan fingerprint density at radius 1 is 0.850 bits per heavy atom. The predicted octanol–water partition coefficient (Wildman–Crippen LogP) is 6.49. The third-order valence-corrected chi connectivity index (χ3v) is 7.15. The van der Waals surface area contributed by atoms with Crippen molar-refractivity contribution < 1.29 is 23.9 Å². The molecule has 1 amide bonds. The number of Topliss-reactive ketones (excluding diaryl/α,β-unsaturated/α-hetero) is 1. The van der Waals surface area contributed by atoms with Crippen LogP contribution in [0.4, 0.5) is 0 Å². The van der Waals surface area contributed by atoms with E-state index in [1.54, 1.807) is 60.7 Å². The highest BCUT2D eigenvalue weighted by atomic mass is 16.5. The number of amides is 1. The minimum Gasteiger partial charge on any atom is -0.496 e. The lowest BCUT2D eigenvalue weighted by molar-refractivity contribution is -0.156. The molecule has 0 saturated heterocycles. The fourth-order valence-corrected chi connectivity index (χ4v) is 4.80. The number of nitrogens with one attached hydrogen (secondary N) is 1. The number of ether oxygens (including phenoxy) is 2. The summed E-state index contributed by atoms with van der Waals surface area (Å²) in [6.45, 7) is 2.80. The Labute approximate surface area is 238 Å². The van der Waals surface area contributed by atoms with Crippen LogP contribution in [-0.2, 0) is 26.5 Å². The van der Waals surface area contributed by atoms with E-state index in [0.717, 1.165) is 12.8 Å². The number of carbonyl (C=O) groups excluding carboxylic acids is 3. The van der Waals surface area contributed by atoms with Crippen LogP contribution in [0.3, 0.4) is 0 Å². The monoisotopic (exact) mass is 546 g/mol. The summed E-state index contributed by atoms with van der Waals surface area (Å²) in [5.74, 6) is -1.47. The molecule has 0 spiro atoms. The summed E-state index contributed by atoms with van der Waals surface area (Å²) in [6, 6.07) is 13.8. The summed E-state index contributed by atoms with van der Waals surface area (Å²) in [5.41, 5.74) is 0.167. The van der Waals surface area contributed by atoms with E-state index in [0.29, 0.717) is 29.0 Å². The molecule has 214 valence electrons. The second-order valence-corrected chi connectivity index (χ2v) is 10.1. The van der Waals surface area contributed by atoms with Crippen LogP contribution in [0.15, 0.2) is 65.7 Å². The molecule has 1 aliphatic heterocycles. The zero-order valence-electron chi connectivity index (χ0n) is 23.8. The van der Waals surface area contributed by atoms with E-state index >= 15 is 0 Å². The number of esters is 1.